The molecule has 0 aromatic carbocycles. The smallest absolute Gasteiger partial charge is 0.334 e. The van der Waals surface area contributed by atoms with Crippen LogP contribution in [0.5, 0.6) is 0 Å². The summed E-state index contributed by atoms with van der Waals surface area (Å²) in [6.07, 6.45) is 4.67. The van der Waals surface area contributed by atoms with Gasteiger partial charge in [0.1, 0.15) is 0 Å². The second-order valence-corrected chi connectivity index (χ2v) is 13.8. The van der Waals surface area contributed by atoms with Crippen LogP contribution in [-0.2, 0) is 18.8 Å². The zero-order chi connectivity index (χ0) is 19.7. The summed E-state index contributed by atoms with van der Waals surface area (Å²) >= 11 is 0. The van der Waals surface area contributed by atoms with Gasteiger partial charge in [0.25, 0.3) is 0 Å². The number of hydrogen-bond donors (Lipinski definition) is 1. The molecule has 0 radical (unpaired) electrons. The quantitative estimate of drug-likeness (QED) is 0.432. The molecule has 4 atom stereocenters. The highest BCUT2D eigenvalue weighted by molar-refractivity contribution is 6.74. The number of carbonyl (C=O) groups is 2. The number of rotatable bonds is 6. The van der Waals surface area contributed by atoms with Crippen molar-refractivity contribution in [3.63, 3.8) is 0 Å². The van der Waals surface area contributed by atoms with E-state index in [0.717, 1.165) is 24.8 Å². The van der Waals surface area contributed by atoms with Crippen LogP contribution >= 0.6 is 0 Å². The lowest BCUT2D eigenvalue weighted by Gasteiger charge is -2.48. The number of esters is 1. The van der Waals surface area contributed by atoms with Crippen LogP contribution in [-0.4, -0.2) is 38.9 Å². The highest BCUT2D eigenvalue weighted by Crippen LogP contribution is 2.41. The van der Waals surface area contributed by atoms with E-state index in [4.69, 9.17) is 9.16 Å². The number of β-lactam (4-membered cyclic amide) rings is 1. The Hall–Kier alpha value is -1.14. The van der Waals surface area contributed by atoms with E-state index in [9.17, 15) is 9.59 Å². The van der Waals surface area contributed by atoms with Crippen LogP contribution in [0.2, 0.25) is 18.1 Å². The summed E-state index contributed by atoms with van der Waals surface area (Å²) in [5.41, 5.74) is 0.729. The van der Waals surface area contributed by atoms with E-state index in [1.54, 1.807) is 0 Å². The largest absolute Gasteiger partial charge is 0.463 e. The second kappa shape index (κ2) is 7.85. The Morgan fingerprint density at radius 3 is 2.58 bits per heavy atom. The Labute approximate surface area is 159 Å². The molecule has 0 aromatic heterocycles. The molecule has 1 saturated heterocycles. The molecule has 1 heterocycles. The van der Waals surface area contributed by atoms with Gasteiger partial charge in [0.15, 0.2) is 8.32 Å². The summed E-state index contributed by atoms with van der Waals surface area (Å²) in [6, 6.07) is -0.0433. The predicted molar refractivity (Wildman–Crippen MR) is 105 cm³/mol. The molecule has 0 bridgehead atoms. The summed E-state index contributed by atoms with van der Waals surface area (Å²) in [7, 11) is -1.96. The normalized spacial score (nSPS) is 27.9. The van der Waals surface area contributed by atoms with Crippen LogP contribution in [0, 0.1) is 11.8 Å². The molecule has 5 nitrogen and oxygen atoms in total. The van der Waals surface area contributed by atoms with E-state index in [2.05, 4.69) is 39.2 Å². The minimum atomic E-state index is -1.96. The van der Waals surface area contributed by atoms with Gasteiger partial charge in [-0.2, -0.15) is 0 Å². The van der Waals surface area contributed by atoms with Crippen molar-refractivity contribution in [1.29, 1.82) is 0 Å². The first-order valence-corrected chi connectivity index (χ1v) is 12.8. The third-order valence-corrected chi connectivity index (χ3v) is 10.8. The summed E-state index contributed by atoms with van der Waals surface area (Å²) in [6.45, 7) is 15.2. The van der Waals surface area contributed by atoms with Crippen molar-refractivity contribution in [2.45, 2.75) is 84.2 Å². The molecule has 6 heteroatoms. The van der Waals surface area contributed by atoms with E-state index in [1.807, 2.05) is 19.9 Å². The fourth-order valence-corrected chi connectivity index (χ4v) is 5.14. The number of ether oxygens (including phenoxy) is 1. The Morgan fingerprint density at radius 1 is 1.38 bits per heavy atom. The van der Waals surface area contributed by atoms with Gasteiger partial charge in [-0.25, -0.2) is 4.79 Å². The first-order chi connectivity index (χ1) is 12.0. The van der Waals surface area contributed by atoms with E-state index in [0.29, 0.717) is 6.61 Å². The molecule has 148 valence electrons. The SMILES string of the molecule is CCOC(=O)C1=CCCC[C@H]1[C@H]1NC(=O)[C@@H]1[C@@H](C)O[Si](C)(C)C(C)(C)C. The van der Waals surface area contributed by atoms with Gasteiger partial charge >= 0.3 is 5.97 Å². The van der Waals surface area contributed by atoms with Crippen molar-refractivity contribution in [1.82, 2.24) is 5.32 Å². The number of carbonyl (C=O) groups excluding carboxylic acids is 2. The summed E-state index contributed by atoms with van der Waals surface area (Å²) < 4.78 is 11.7. The Morgan fingerprint density at radius 2 is 2.04 bits per heavy atom. The fraction of sp³-hybridized carbons (Fsp3) is 0.800. The van der Waals surface area contributed by atoms with Crippen molar-refractivity contribution in [2.75, 3.05) is 6.61 Å². The van der Waals surface area contributed by atoms with Gasteiger partial charge in [0.05, 0.1) is 18.6 Å². The lowest BCUT2D eigenvalue weighted by molar-refractivity contribution is -0.145. The van der Waals surface area contributed by atoms with Gasteiger partial charge in [0, 0.05) is 17.5 Å². The average molecular weight is 382 g/mol. The molecule has 1 fully saturated rings. The highest BCUT2D eigenvalue weighted by atomic mass is 28.4. The minimum Gasteiger partial charge on any atom is -0.463 e. The van der Waals surface area contributed by atoms with Gasteiger partial charge in [-0.05, 0) is 51.2 Å². The van der Waals surface area contributed by atoms with Gasteiger partial charge < -0.3 is 14.5 Å². The van der Waals surface area contributed by atoms with Gasteiger partial charge in [0.2, 0.25) is 5.91 Å². The lowest BCUT2D eigenvalue weighted by atomic mass is 9.71. The molecule has 0 aromatic rings. The topological polar surface area (TPSA) is 64.6 Å². The van der Waals surface area contributed by atoms with Crippen molar-refractivity contribution < 1.29 is 18.8 Å². The Bertz CT molecular complexity index is 579. The van der Waals surface area contributed by atoms with Crippen LogP contribution in [0.1, 0.15) is 53.9 Å². The minimum absolute atomic E-state index is 0.0240. The maximum Gasteiger partial charge on any atom is 0.334 e. The zero-order valence-corrected chi connectivity index (χ0v) is 18.3. The molecular weight excluding hydrogens is 346 g/mol. The molecule has 2 aliphatic rings. The molecule has 0 spiro atoms. The predicted octanol–water partition coefficient (Wildman–Crippen LogP) is 3.80. The first-order valence-electron chi connectivity index (χ1n) is 9.85. The van der Waals surface area contributed by atoms with Crippen molar-refractivity contribution in [3.05, 3.63) is 11.6 Å². The van der Waals surface area contributed by atoms with E-state index in [1.165, 1.54) is 0 Å². The van der Waals surface area contributed by atoms with E-state index >= 15 is 0 Å². The molecule has 1 aliphatic heterocycles. The van der Waals surface area contributed by atoms with Crippen LogP contribution < -0.4 is 5.32 Å². The average Bonchev–Trinajstić information content (AvgIpc) is 2.51. The molecule has 1 aliphatic carbocycles. The highest BCUT2D eigenvalue weighted by Gasteiger charge is 2.51. The van der Waals surface area contributed by atoms with Gasteiger partial charge in [-0.3, -0.25) is 4.79 Å². The molecule has 0 unspecified atom stereocenters. The number of allylic oxidation sites excluding steroid dienone is 1. The summed E-state index contributed by atoms with van der Waals surface area (Å²) in [4.78, 5) is 24.7. The second-order valence-electron chi connectivity index (χ2n) is 9.06. The lowest BCUT2D eigenvalue weighted by Crippen LogP contribution is -2.66. The van der Waals surface area contributed by atoms with Crippen molar-refractivity contribution >= 4 is 20.2 Å². The molecule has 0 saturated carbocycles. The third kappa shape index (κ3) is 4.22. The Kier molecular flexibility index (Phi) is 6.39. The summed E-state index contributed by atoms with van der Waals surface area (Å²) in [5, 5.41) is 3.14. The van der Waals surface area contributed by atoms with Crippen molar-refractivity contribution in [2.24, 2.45) is 11.8 Å². The van der Waals surface area contributed by atoms with Crippen LogP contribution in [0.4, 0.5) is 0 Å². The molecule has 26 heavy (non-hydrogen) atoms. The number of hydrogen-bond acceptors (Lipinski definition) is 4. The third-order valence-electron chi connectivity index (χ3n) is 6.22. The molecule has 1 amide bonds. The monoisotopic (exact) mass is 381 g/mol. The molecular formula is C20H35NO4Si. The van der Waals surface area contributed by atoms with E-state index < -0.39 is 8.32 Å². The van der Waals surface area contributed by atoms with Crippen LogP contribution in [0.25, 0.3) is 0 Å². The van der Waals surface area contributed by atoms with Crippen LogP contribution in [0.3, 0.4) is 0 Å². The standard InChI is InChI=1S/C20H35NO4Si/c1-8-24-19(23)15-12-10-9-11-14(15)17-16(18(22)21-17)13(2)25-26(6,7)20(3,4)5/h12-14,16-17H,8-11H2,1-7H3,(H,21,22)/t13-,14-,16-,17-/m1/s1. The fourth-order valence-electron chi connectivity index (χ4n) is 3.71. The van der Waals surface area contributed by atoms with E-state index in [-0.39, 0.29) is 40.9 Å². The Balaban J connectivity index is 2.15. The molecule has 1 N–H and O–H groups in total. The number of amides is 1. The maximum absolute atomic E-state index is 12.4. The van der Waals surface area contributed by atoms with Crippen molar-refractivity contribution in [3.8, 4) is 0 Å². The maximum atomic E-state index is 12.4. The van der Waals surface area contributed by atoms with Gasteiger partial charge in [-0.15, -0.1) is 0 Å². The zero-order valence-electron chi connectivity index (χ0n) is 17.3. The summed E-state index contributed by atoms with van der Waals surface area (Å²) in [5.74, 6) is -0.383. The molecule has 2 rings (SSSR count). The van der Waals surface area contributed by atoms with Crippen LogP contribution in [0.15, 0.2) is 11.6 Å². The first kappa shape index (κ1) is 21.2. The van der Waals surface area contributed by atoms with Gasteiger partial charge in [-0.1, -0.05) is 26.8 Å². The number of nitrogens with one attached hydrogen (secondary N) is 1.